The minimum atomic E-state index is 0.740. The molecule has 3 nitrogen and oxygen atoms in total. The van der Waals surface area contributed by atoms with Gasteiger partial charge in [0.2, 0.25) is 0 Å². The first kappa shape index (κ1) is 12.1. The van der Waals surface area contributed by atoms with Crippen molar-refractivity contribution in [2.75, 3.05) is 11.9 Å². The lowest BCUT2D eigenvalue weighted by molar-refractivity contribution is 0.924. The lowest BCUT2D eigenvalue weighted by atomic mass is 10.1. The molecule has 3 aromatic rings. The van der Waals surface area contributed by atoms with E-state index in [1.54, 1.807) is 0 Å². The fourth-order valence-corrected chi connectivity index (χ4v) is 2.79. The van der Waals surface area contributed by atoms with Crippen molar-refractivity contribution >= 4 is 22.3 Å². The van der Waals surface area contributed by atoms with E-state index in [1.165, 1.54) is 16.3 Å². The highest BCUT2D eigenvalue weighted by Gasteiger charge is 2.18. The van der Waals surface area contributed by atoms with Crippen molar-refractivity contribution in [1.29, 1.82) is 0 Å². The molecule has 4 rings (SSSR count). The molecule has 1 aromatic heterocycles. The van der Waals surface area contributed by atoms with Crippen LogP contribution in [0.5, 0.6) is 0 Å². The Balaban J connectivity index is 1.61. The number of aromatic nitrogens is 1. The molecular formula is C18H15N3. The minimum Gasteiger partial charge on any atom is -0.339 e. The van der Waals surface area contributed by atoms with Crippen molar-refractivity contribution in [2.24, 2.45) is 4.99 Å². The predicted molar refractivity (Wildman–Crippen MR) is 86.9 cm³/mol. The van der Waals surface area contributed by atoms with E-state index < -0.39 is 0 Å². The molecule has 102 valence electrons. The van der Waals surface area contributed by atoms with E-state index in [9.17, 15) is 0 Å². The number of rotatable bonds is 3. The lowest BCUT2D eigenvalue weighted by Crippen LogP contribution is -2.08. The van der Waals surface area contributed by atoms with E-state index in [-0.39, 0.29) is 0 Å². The van der Waals surface area contributed by atoms with Crippen LogP contribution < -0.4 is 5.32 Å². The number of anilines is 1. The maximum Gasteiger partial charge on any atom is 0.133 e. The van der Waals surface area contributed by atoms with E-state index in [1.807, 2.05) is 24.4 Å². The molecule has 0 saturated carbocycles. The van der Waals surface area contributed by atoms with Crippen LogP contribution in [0.1, 0.15) is 11.3 Å². The molecule has 2 aromatic carbocycles. The topological polar surface area (TPSA) is 37.3 Å². The number of pyridine rings is 1. The van der Waals surface area contributed by atoms with Crippen molar-refractivity contribution in [2.45, 2.75) is 6.42 Å². The van der Waals surface area contributed by atoms with Gasteiger partial charge in [-0.1, -0.05) is 36.4 Å². The molecule has 21 heavy (non-hydrogen) atoms. The zero-order valence-corrected chi connectivity index (χ0v) is 11.6. The maximum absolute atomic E-state index is 4.72. The van der Waals surface area contributed by atoms with E-state index in [0.29, 0.717) is 0 Å². The fraction of sp³-hybridized carbons (Fsp3) is 0.111. The zero-order chi connectivity index (χ0) is 14.1. The zero-order valence-electron chi connectivity index (χ0n) is 11.6. The summed E-state index contributed by atoms with van der Waals surface area (Å²) in [5, 5.41) is 5.96. The molecule has 0 fully saturated rings. The number of aliphatic imine (C=N–C) groups is 1. The van der Waals surface area contributed by atoms with Crippen molar-refractivity contribution in [3.8, 4) is 0 Å². The molecule has 0 radical (unpaired) electrons. The fourth-order valence-electron chi connectivity index (χ4n) is 2.79. The van der Waals surface area contributed by atoms with Gasteiger partial charge >= 0.3 is 0 Å². The molecule has 0 aliphatic carbocycles. The normalized spacial score (nSPS) is 14.6. The predicted octanol–water partition coefficient (Wildman–Crippen LogP) is 3.65. The maximum atomic E-state index is 4.72. The van der Waals surface area contributed by atoms with Gasteiger partial charge in [0.05, 0.1) is 0 Å². The second kappa shape index (κ2) is 5.02. The third-order valence-corrected chi connectivity index (χ3v) is 3.78. The van der Waals surface area contributed by atoms with E-state index in [2.05, 4.69) is 46.7 Å². The van der Waals surface area contributed by atoms with Crippen LogP contribution in [0.15, 0.2) is 65.8 Å². The van der Waals surface area contributed by atoms with Crippen molar-refractivity contribution in [3.63, 3.8) is 0 Å². The quantitative estimate of drug-likeness (QED) is 0.791. The van der Waals surface area contributed by atoms with Crippen molar-refractivity contribution in [3.05, 3.63) is 72.1 Å². The van der Waals surface area contributed by atoms with E-state index >= 15 is 0 Å². The van der Waals surface area contributed by atoms with Crippen LogP contribution >= 0.6 is 0 Å². The summed E-state index contributed by atoms with van der Waals surface area (Å²) in [4.78, 5) is 9.06. The highest BCUT2D eigenvalue weighted by atomic mass is 15.0. The third kappa shape index (κ3) is 2.17. The highest BCUT2D eigenvalue weighted by Crippen LogP contribution is 2.32. The third-order valence-electron chi connectivity index (χ3n) is 3.78. The van der Waals surface area contributed by atoms with Crippen LogP contribution in [0.25, 0.3) is 10.8 Å². The van der Waals surface area contributed by atoms with Crippen LogP contribution in [-0.2, 0) is 6.42 Å². The molecule has 0 amide bonds. The van der Waals surface area contributed by atoms with Gasteiger partial charge in [-0.3, -0.25) is 9.98 Å². The first-order valence-corrected chi connectivity index (χ1v) is 7.15. The monoisotopic (exact) mass is 273 g/mol. The number of nitrogens with zero attached hydrogens (tertiary/aromatic N) is 2. The summed E-state index contributed by atoms with van der Waals surface area (Å²) >= 11 is 0. The lowest BCUT2D eigenvalue weighted by Gasteiger charge is -2.01. The number of hydrogen-bond acceptors (Lipinski definition) is 2. The molecule has 1 aliphatic rings. The van der Waals surface area contributed by atoms with Crippen molar-refractivity contribution in [1.82, 2.24) is 4.98 Å². The largest absolute Gasteiger partial charge is 0.339 e. The van der Waals surface area contributed by atoms with Crippen LogP contribution in [-0.4, -0.2) is 17.4 Å². The van der Waals surface area contributed by atoms with Gasteiger partial charge in [-0.05, 0) is 23.6 Å². The smallest absolute Gasteiger partial charge is 0.133 e. The standard InChI is InChI=1S/C18H15N3/c1-2-11-19-14(7-1)10-12-20-18-15-8-3-5-13-6-4-9-16(21-18)17(13)15/h1-9,11H,10,12H2,(H,20,21). The van der Waals surface area contributed by atoms with Gasteiger partial charge in [-0.2, -0.15) is 0 Å². The van der Waals surface area contributed by atoms with Gasteiger partial charge in [0.25, 0.3) is 0 Å². The number of hydrogen-bond donors (Lipinski definition) is 1. The van der Waals surface area contributed by atoms with Crippen molar-refractivity contribution < 1.29 is 0 Å². The number of amidine groups is 1. The molecule has 1 N–H and O–H groups in total. The first-order valence-electron chi connectivity index (χ1n) is 7.15. The average molecular weight is 273 g/mol. The second-order valence-corrected chi connectivity index (χ2v) is 5.14. The van der Waals surface area contributed by atoms with E-state index in [4.69, 9.17) is 4.99 Å². The number of nitrogens with one attached hydrogen (secondary N) is 1. The molecule has 3 heteroatoms. The molecule has 1 aliphatic heterocycles. The van der Waals surface area contributed by atoms with E-state index in [0.717, 1.165) is 30.2 Å². The minimum absolute atomic E-state index is 0.740. The first-order chi connectivity index (χ1) is 10.4. The summed E-state index contributed by atoms with van der Waals surface area (Å²) in [5.74, 6) is 0.970. The Hall–Kier alpha value is -2.68. The summed E-state index contributed by atoms with van der Waals surface area (Å²) in [6.07, 6.45) is 2.69. The molecule has 0 unspecified atom stereocenters. The Bertz CT molecular complexity index is 817. The SMILES string of the molecule is c1ccc(CCN=C2Nc3cccc4cccc2c34)nc1. The molecule has 0 saturated heterocycles. The summed E-state index contributed by atoms with van der Waals surface area (Å²) in [7, 11) is 0. The summed E-state index contributed by atoms with van der Waals surface area (Å²) in [5.41, 5.74) is 3.43. The molecule has 2 heterocycles. The molecule has 0 bridgehead atoms. The molecular weight excluding hydrogens is 258 g/mol. The summed E-state index contributed by atoms with van der Waals surface area (Å²) < 4.78 is 0. The Labute approximate surface area is 123 Å². The number of benzene rings is 2. The van der Waals surface area contributed by atoms with Gasteiger partial charge in [0, 0.05) is 41.5 Å². The van der Waals surface area contributed by atoms with Gasteiger partial charge in [-0.15, -0.1) is 0 Å². The van der Waals surface area contributed by atoms with Gasteiger partial charge in [-0.25, -0.2) is 0 Å². The Morgan fingerprint density at radius 2 is 1.86 bits per heavy atom. The Morgan fingerprint density at radius 3 is 2.71 bits per heavy atom. The second-order valence-electron chi connectivity index (χ2n) is 5.14. The van der Waals surface area contributed by atoms with Crippen LogP contribution in [0.3, 0.4) is 0 Å². The Morgan fingerprint density at radius 1 is 0.952 bits per heavy atom. The summed E-state index contributed by atoms with van der Waals surface area (Å²) in [6, 6.07) is 18.7. The highest BCUT2D eigenvalue weighted by molar-refractivity contribution is 6.25. The Kier molecular flexibility index (Phi) is 2.89. The molecule has 0 atom stereocenters. The summed E-state index contributed by atoms with van der Waals surface area (Å²) in [6.45, 7) is 0.740. The van der Waals surface area contributed by atoms with Gasteiger partial charge in [0.15, 0.2) is 0 Å². The van der Waals surface area contributed by atoms with Crippen LogP contribution in [0.4, 0.5) is 5.69 Å². The van der Waals surface area contributed by atoms with Gasteiger partial charge in [0.1, 0.15) is 5.84 Å². The average Bonchev–Trinajstić information content (AvgIpc) is 2.89. The van der Waals surface area contributed by atoms with Crippen LogP contribution in [0.2, 0.25) is 0 Å². The van der Waals surface area contributed by atoms with Gasteiger partial charge < -0.3 is 5.32 Å². The molecule has 0 spiro atoms. The van der Waals surface area contributed by atoms with Crippen LogP contribution in [0, 0.1) is 0 Å².